The van der Waals surface area contributed by atoms with Gasteiger partial charge < -0.3 is 4.74 Å². The Kier molecular flexibility index (Phi) is 4.77. The number of benzene rings is 2. The van der Waals surface area contributed by atoms with Crippen molar-refractivity contribution in [3.05, 3.63) is 64.2 Å². The number of ether oxygens (including phenoxy) is 1. The second kappa shape index (κ2) is 6.47. The fraction of sp³-hybridized carbons (Fsp3) is 0.500. The molecule has 0 fully saturated rings. The highest BCUT2D eigenvalue weighted by Crippen LogP contribution is 2.47. The lowest BCUT2D eigenvalue weighted by Crippen LogP contribution is -2.17. The molecule has 1 unspecified atom stereocenters. The largest absolute Gasteiger partial charge is 0.425 e. The summed E-state index contributed by atoms with van der Waals surface area (Å²) in [5.74, 6) is 0.234. The topological polar surface area (TPSA) is 26.3 Å². The molecule has 0 N–H and O–H groups in total. The van der Waals surface area contributed by atoms with Crippen molar-refractivity contribution in [2.45, 2.75) is 84.5 Å². The summed E-state index contributed by atoms with van der Waals surface area (Å²) in [5.41, 5.74) is 5.61. The van der Waals surface area contributed by atoms with Crippen LogP contribution in [0.3, 0.4) is 0 Å². The third kappa shape index (κ3) is 3.74. The van der Waals surface area contributed by atoms with E-state index in [1.54, 1.807) is 0 Å². The maximum Gasteiger partial charge on any atom is 0.323 e. The van der Waals surface area contributed by atoms with Gasteiger partial charge in [0.25, 0.3) is 0 Å². The number of rotatable bonds is 1. The highest BCUT2D eigenvalue weighted by molar-refractivity contribution is 5.90. The molecule has 0 bridgehead atoms. The first kappa shape index (κ1) is 20.6. The first-order chi connectivity index (χ1) is 12.7. The minimum Gasteiger partial charge on any atom is -0.425 e. The van der Waals surface area contributed by atoms with Crippen LogP contribution in [0.1, 0.15) is 96.0 Å². The molecule has 1 aliphatic rings. The van der Waals surface area contributed by atoms with Gasteiger partial charge in [-0.05, 0) is 32.9 Å². The van der Waals surface area contributed by atoms with E-state index in [9.17, 15) is 4.79 Å². The van der Waals surface area contributed by atoms with E-state index < -0.39 is 0 Å². The number of esters is 1. The Hall–Kier alpha value is -2.09. The third-order valence-electron chi connectivity index (χ3n) is 5.65. The molecule has 0 aliphatic carbocycles. The van der Waals surface area contributed by atoms with Crippen LogP contribution in [0.4, 0.5) is 0 Å². The van der Waals surface area contributed by atoms with E-state index in [2.05, 4.69) is 98.7 Å². The van der Waals surface area contributed by atoms with Gasteiger partial charge in [-0.3, -0.25) is 4.79 Å². The highest BCUT2D eigenvalue weighted by atomic mass is 16.5. The lowest BCUT2D eigenvalue weighted by molar-refractivity contribution is -0.133. The summed E-state index contributed by atoms with van der Waals surface area (Å²) in [6, 6.07) is 12.8. The predicted molar refractivity (Wildman–Crippen MR) is 116 cm³/mol. The average molecular weight is 379 g/mol. The summed E-state index contributed by atoms with van der Waals surface area (Å²) in [4.78, 5) is 12.9. The van der Waals surface area contributed by atoms with Gasteiger partial charge >= 0.3 is 5.97 Å². The van der Waals surface area contributed by atoms with Crippen LogP contribution >= 0.6 is 0 Å². The van der Waals surface area contributed by atoms with Gasteiger partial charge in [-0.2, -0.15) is 0 Å². The van der Waals surface area contributed by atoms with Crippen molar-refractivity contribution in [3.8, 4) is 5.75 Å². The molecule has 28 heavy (non-hydrogen) atoms. The van der Waals surface area contributed by atoms with Crippen LogP contribution in [0.5, 0.6) is 5.75 Å². The van der Waals surface area contributed by atoms with Crippen molar-refractivity contribution in [1.29, 1.82) is 0 Å². The zero-order chi connectivity index (χ0) is 21.1. The molecule has 3 rings (SSSR count). The summed E-state index contributed by atoms with van der Waals surface area (Å²) < 4.78 is 5.86. The number of hydrogen-bond acceptors (Lipinski definition) is 2. The molecule has 0 radical (unpaired) electrons. The van der Waals surface area contributed by atoms with Gasteiger partial charge in [0.05, 0.1) is 0 Å². The molecular weight excluding hydrogens is 344 g/mol. The van der Waals surface area contributed by atoms with Crippen molar-refractivity contribution in [2.24, 2.45) is 0 Å². The fourth-order valence-electron chi connectivity index (χ4n) is 3.75. The Balaban J connectivity index is 2.18. The van der Waals surface area contributed by atoms with Crippen LogP contribution in [0.25, 0.3) is 0 Å². The van der Waals surface area contributed by atoms with Gasteiger partial charge in [0.2, 0.25) is 0 Å². The SMILES string of the molecule is CC(C)(C)c1ccc(C2C(=O)Oc3c2cc(C(C)(C)C)cc3C(C)(C)C)cc1. The molecule has 2 aromatic carbocycles. The number of carbonyl (C=O) groups excluding carboxylic acids is 1. The first-order valence-electron chi connectivity index (χ1n) is 10.2. The normalized spacial score (nSPS) is 17.5. The molecule has 150 valence electrons. The van der Waals surface area contributed by atoms with Crippen LogP contribution in [-0.4, -0.2) is 5.97 Å². The molecule has 1 atom stereocenters. The van der Waals surface area contributed by atoms with Gasteiger partial charge in [-0.25, -0.2) is 0 Å². The van der Waals surface area contributed by atoms with E-state index in [0.717, 1.165) is 22.4 Å². The highest BCUT2D eigenvalue weighted by Gasteiger charge is 2.39. The van der Waals surface area contributed by atoms with Gasteiger partial charge in [-0.1, -0.05) is 98.7 Å². The molecule has 1 heterocycles. The molecule has 0 spiro atoms. The third-order valence-corrected chi connectivity index (χ3v) is 5.65. The Morgan fingerprint density at radius 2 is 1.25 bits per heavy atom. The lowest BCUT2D eigenvalue weighted by atomic mass is 9.77. The molecule has 0 saturated carbocycles. The Bertz CT molecular complexity index is 898. The Labute approximate surface area is 170 Å². The van der Waals surface area contributed by atoms with Gasteiger partial charge in [0.15, 0.2) is 0 Å². The molecule has 1 aliphatic heterocycles. The fourth-order valence-corrected chi connectivity index (χ4v) is 3.75. The van der Waals surface area contributed by atoms with Crippen LogP contribution in [0.2, 0.25) is 0 Å². The molecule has 0 amide bonds. The van der Waals surface area contributed by atoms with Crippen molar-refractivity contribution in [1.82, 2.24) is 0 Å². The number of hydrogen-bond donors (Lipinski definition) is 0. The van der Waals surface area contributed by atoms with Gasteiger partial charge in [-0.15, -0.1) is 0 Å². The van der Waals surface area contributed by atoms with Crippen molar-refractivity contribution < 1.29 is 9.53 Å². The second-order valence-corrected chi connectivity index (χ2v) is 11.2. The van der Waals surface area contributed by atoms with Crippen molar-refractivity contribution in [2.75, 3.05) is 0 Å². The molecule has 2 aromatic rings. The van der Waals surface area contributed by atoms with Gasteiger partial charge in [0.1, 0.15) is 11.7 Å². The van der Waals surface area contributed by atoms with E-state index in [0.29, 0.717) is 0 Å². The van der Waals surface area contributed by atoms with E-state index in [4.69, 9.17) is 4.74 Å². The molecular formula is C26H34O2. The Morgan fingerprint density at radius 3 is 1.71 bits per heavy atom. The first-order valence-corrected chi connectivity index (χ1v) is 10.2. The monoisotopic (exact) mass is 378 g/mol. The van der Waals surface area contributed by atoms with Crippen molar-refractivity contribution in [3.63, 3.8) is 0 Å². The van der Waals surface area contributed by atoms with Crippen LogP contribution < -0.4 is 4.74 Å². The van der Waals surface area contributed by atoms with Crippen LogP contribution in [0.15, 0.2) is 36.4 Å². The van der Waals surface area contributed by atoms with E-state index in [-0.39, 0.29) is 28.1 Å². The molecule has 0 aromatic heterocycles. The zero-order valence-electron chi connectivity index (χ0n) is 18.9. The Morgan fingerprint density at radius 1 is 0.714 bits per heavy atom. The van der Waals surface area contributed by atoms with Crippen LogP contribution in [0, 0.1) is 0 Å². The number of fused-ring (bicyclic) bond motifs is 1. The van der Waals surface area contributed by atoms with Crippen LogP contribution in [-0.2, 0) is 21.0 Å². The maximum absolute atomic E-state index is 12.9. The molecule has 2 nitrogen and oxygen atoms in total. The molecule has 2 heteroatoms. The predicted octanol–water partition coefficient (Wildman–Crippen LogP) is 6.63. The quantitative estimate of drug-likeness (QED) is 0.411. The minimum atomic E-state index is -0.354. The van der Waals surface area contributed by atoms with Crippen molar-refractivity contribution >= 4 is 5.97 Å². The van der Waals surface area contributed by atoms with E-state index >= 15 is 0 Å². The summed E-state index contributed by atoms with van der Waals surface area (Å²) in [7, 11) is 0. The minimum absolute atomic E-state index is 0.00130. The summed E-state index contributed by atoms with van der Waals surface area (Å²) in [6.07, 6.45) is 0. The smallest absolute Gasteiger partial charge is 0.323 e. The summed E-state index contributed by atoms with van der Waals surface area (Å²) in [6.45, 7) is 19.8. The maximum atomic E-state index is 12.9. The second-order valence-electron chi connectivity index (χ2n) is 11.2. The standard InChI is InChI=1S/C26H34O2/c1-24(2,3)17-12-10-16(11-13-17)21-19-14-18(25(4,5)6)15-20(26(7,8)9)22(19)28-23(21)27/h10-15,21H,1-9H3. The van der Waals surface area contributed by atoms with E-state index in [1.807, 2.05) is 0 Å². The zero-order valence-corrected chi connectivity index (χ0v) is 18.9. The van der Waals surface area contributed by atoms with E-state index in [1.165, 1.54) is 11.1 Å². The lowest BCUT2D eigenvalue weighted by Gasteiger charge is -2.27. The molecule has 0 saturated heterocycles. The summed E-state index contributed by atoms with van der Waals surface area (Å²) >= 11 is 0. The van der Waals surface area contributed by atoms with Gasteiger partial charge in [0, 0.05) is 11.1 Å². The summed E-state index contributed by atoms with van der Waals surface area (Å²) in [5, 5.41) is 0. The average Bonchev–Trinajstić information content (AvgIpc) is 2.87. The number of carbonyl (C=O) groups is 1.